The van der Waals surface area contributed by atoms with Crippen LogP contribution in [0.3, 0.4) is 0 Å². The Hall–Kier alpha value is -0.810. The predicted molar refractivity (Wildman–Crippen MR) is 85.7 cm³/mol. The average molecular weight is 358 g/mol. The van der Waals surface area contributed by atoms with Crippen molar-refractivity contribution < 1.29 is 4.42 Å². The molecule has 1 heterocycles. The molecule has 0 fully saturated rings. The van der Waals surface area contributed by atoms with Gasteiger partial charge in [-0.2, -0.15) is 0 Å². The molecule has 1 aromatic carbocycles. The summed E-state index contributed by atoms with van der Waals surface area (Å²) in [6.07, 6.45) is 1.69. The molecule has 20 heavy (non-hydrogen) atoms. The van der Waals surface area contributed by atoms with Crippen LogP contribution in [-0.4, -0.2) is 18.0 Å². The summed E-state index contributed by atoms with van der Waals surface area (Å²) in [5.74, 6) is 0.938. The Morgan fingerprint density at radius 2 is 2.20 bits per heavy atom. The maximum Gasteiger partial charge on any atom is 0.117 e. The topological polar surface area (TPSA) is 42.4 Å². The maximum atomic E-state index is 6.18. The molecule has 1 aromatic heterocycles. The molecule has 0 aliphatic rings. The number of furan rings is 1. The van der Waals surface area contributed by atoms with Crippen molar-refractivity contribution in [3.63, 3.8) is 0 Å². The Bertz CT molecular complexity index is 545. The number of likely N-dealkylation sites (N-methyl/N-ethyl adjacent to an activating group) is 1. The van der Waals surface area contributed by atoms with E-state index in [-0.39, 0.29) is 6.04 Å². The molecular weight excluding hydrogens is 340 g/mol. The standard InChI is InChI=1S/C15H18BrClN2O/c1-2-19(10-12-4-3-7-20-12)15(9-18)11-5-6-13(16)14(17)8-11/h3-8,15H,2,9-10,18H2,1H3. The summed E-state index contributed by atoms with van der Waals surface area (Å²) in [6, 6.07) is 9.98. The summed E-state index contributed by atoms with van der Waals surface area (Å²) in [5, 5.41) is 0.704. The van der Waals surface area contributed by atoms with Gasteiger partial charge in [-0.3, -0.25) is 4.90 Å². The third-order valence-electron chi connectivity index (χ3n) is 3.34. The van der Waals surface area contributed by atoms with Gasteiger partial charge in [0.1, 0.15) is 5.76 Å². The van der Waals surface area contributed by atoms with Gasteiger partial charge in [0.25, 0.3) is 0 Å². The molecule has 0 bridgehead atoms. The fraction of sp³-hybridized carbons (Fsp3) is 0.333. The van der Waals surface area contributed by atoms with Gasteiger partial charge >= 0.3 is 0 Å². The molecule has 0 spiro atoms. The number of nitrogens with zero attached hydrogens (tertiary/aromatic N) is 1. The highest BCUT2D eigenvalue weighted by Gasteiger charge is 2.19. The lowest BCUT2D eigenvalue weighted by molar-refractivity contribution is 0.188. The first-order chi connectivity index (χ1) is 9.65. The first-order valence-corrected chi connectivity index (χ1v) is 7.74. The molecule has 2 aromatic rings. The summed E-state index contributed by atoms with van der Waals surface area (Å²) in [4.78, 5) is 2.28. The fourth-order valence-corrected chi connectivity index (χ4v) is 2.70. The fourth-order valence-electron chi connectivity index (χ4n) is 2.26. The molecule has 0 radical (unpaired) electrons. The number of hydrogen-bond donors (Lipinski definition) is 1. The van der Waals surface area contributed by atoms with E-state index in [1.807, 2.05) is 24.3 Å². The number of halogens is 2. The minimum absolute atomic E-state index is 0.121. The van der Waals surface area contributed by atoms with E-state index in [0.717, 1.165) is 28.9 Å². The van der Waals surface area contributed by atoms with Crippen LogP contribution >= 0.6 is 27.5 Å². The lowest BCUT2D eigenvalue weighted by Gasteiger charge is -2.29. The van der Waals surface area contributed by atoms with Crippen LogP contribution in [0.1, 0.15) is 24.3 Å². The largest absolute Gasteiger partial charge is 0.468 e. The molecule has 108 valence electrons. The van der Waals surface area contributed by atoms with Gasteiger partial charge < -0.3 is 10.2 Å². The van der Waals surface area contributed by atoms with E-state index in [1.54, 1.807) is 6.26 Å². The van der Waals surface area contributed by atoms with E-state index >= 15 is 0 Å². The Kier molecular flexibility index (Phi) is 5.66. The maximum absolute atomic E-state index is 6.18. The molecule has 0 amide bonds. The minimum atomic E-state index is 0.121. The molecule has 0 aliphatic heterocycles. The zero-order valence-corrected chi connectivity index (χ0v) is 13.7. The predicted octanol–water partition coefficient (Wildman–Crippen LogP) is 4.22. The number of hydrogen-bond acceptors (Lipinski definition) is 3. The second kappa shape index (κ2) is 7.27. The molecule has 2 N–H and O–H groups in total. The zero-order chi connectivity index (χ0) is 14.5. The lowest BCUT2D eigenvalue weighted by atomic mass is 10.1. The average Bonchev–Trinajstić information content (AvgIpc) is 2.95. The molecule has 0 saturated heterocycles. The SMILES string of the molecule is CCN(Cc1ccco1)C(CN)c1ccc(Br)c(Cl)c1. The van der Waals surface area contributed by atoms with Crippen LogP contribution in [0.15, 0.2) is 45.5 Å². The van der Waals surface area contributed by atoms with Gasteiger partial charge in [0.2, 0.25) is 0 Å². The second-order valence-corrected chi connectivity index (χ2v) is 5.83. The summed E-state index contributed by atoms with van der Waals surface area (Å²) in [7, 11) is 0. The van der Waals surface area contributed by atoms with Crippen LogP contribution in [0.25, 0.3) is 0 Å². The Morgan fingerprint density at radius 1 is 1.40 bits per heavy atom. The summed E-state index contributed by atoms with van der Waals surface area (Å²) >= 11 is 9.59. The number of benzene rings is 1. The van der Waals surface area contributed by atoms with Gasteiger partial charge in [0, 0.05) is 17.1 Å². The molecule has 3 nitrogen and oxygen atoms in total. The highest BCUT2D eigenvalue weighted by molar-refractivity contribution is 9.10. The van der Waals surface area contributed by atoms with Crippen molar-refractivity contribution in [1.29, 1.82) is 0 Å². The van der Waals surface area contributed by atoms with Crippen LogP contribution in [0.4, 0.5) is 0 Å². The van der Waals surface area contributed by atoms with Crippen molar-refractivity contribution in [3.8, 4) is 0 Å². The number of rotatable bonds is 6. The van der Waals surface area contributed by atoms with Crippen molar-refractivity contribution in [2.45, 2.75) is 19.5 Å². The molecule has 1 unspecified atom stereocenters. The van der Waals surface area contributed by atoms with Gasteiger partial charge in [-0.15, -0.1) is 0 Å². The monoisotopic (exact) mass is 356 g/mol. The first-order valence-electron chi connectivity index (χ1n) is 6.57. The van der Waals surface area contributed by atoms with Crippen LogP contribution < -0.4 is 5.73 Å². The van der Waals surface area contributed by atoms with Gasteiger partial charge in [-0.1, -0.05) is 24.6 Å². The molecule has 0 saturated carbocycles. The van der Waals surface area contributed by atoms with Crippen molar-refractivity contribution in [3.05, 3.63) is 57.4 Å². The van der Waals surface area contributed by atoms with E-state index < -0.39 is 0 Å². The van der Waals surface area contributed by atoms with Gasteiger partial charge in [-0.25, -0.2) is 0 Å². The lowest BCUT2D eigenvalue weighted by Crippen LogP contribution is -2.33. The Balaban J connectivity index is 2.21. The van der Waals surface area contributed by atoms with E-state index in [4.69, 9.17) is 21.8 Å². The molecule has 5 heteroatoms. The van der Waals surface area contributed by atoms with Gasteiger partial charge in [0.05, 0.1) is 17.8 Å². The summed E-state index contributed by atoms with van der Waals surface area (Å²) in [5.41, 5.74) is 7.09. The number of nitrogens with two attached hydrogens (primary N) is 1. The normalized spacial score (nSPS) is 12.8. The van der Waals surface area contributed by atoms with Gasteiger partial charge in [0.15, 0.2) is 0 Å². The Labute approximate surface area is 132 Å². The molecule has 1 atom stereocenters. The quantitative estimate of drug-likeness (QED) is 0.842. The molecular formula is C15H18BrClN2O. The first kappa shape index (κ1) is 15.6. The molecule has 2 rings (SSSR count). The van der Waals surface area contributed by atoms with E-state index in [1.165, 1.54) is 0 Å². The van der Waals surface area contributed by atoms with Crippen molar-refractivity contribution >= 4 is 27.5 Å². The van der Waals surface area contributed by atoms with Crippen LogP contribution in [0, 0.1) is 0 Å². The Morgan fingerprint density at radius 3 is 2.75 bits per heavy atom. The summed E-state index contributed by atoms with van der Waals surface area (Å²) in [6.45, 7) is 4.27. The van der Waals surface area contributed by atoms with E-state index in [9.17, 15) is 0 Å². The van der Waals surface area contributed by atoms with Crippen LogP contribution in [0.2, 0.25) is 5.02 Å². The van der Waals surface area contributed by atoms with E-state index in [2.05, 4.69) is 33.8 Å². The van der Waals surface area contributed by atoms with Crippen molar-refractivity contribution in [2.75, 3.05) is 13.1 Å². The highest BCUT2D eigenvalue weighted by atomic mass is 79.9. The van der Waals surface area contributed by atoms with Crippen LogP contribution in [-0.2, 0) is 6.54 Å². The second-order valence-electron chi connectivity index (χ2n) is 4.57. The third kappa shape index (κ3) is 3.64. The van der Waals surface area contributed by atoms with Crippen molar-refractivity contribution in [1.82, 2.24) is 4.90 Å². The van der Waals surface area contributed by atoms with Gasteiger partial charge in [-0.05, 0) is 52.3 Å². The molecule has 0 aliphatic carbocycles. The minimum Gasteiger partial charge on any atom is -0.468 e. The zero-order valence-electron chi connectivity index (χ0n) is 11.4. The highest BCUT2D eigenvalue weighted by Crippen LogP contribution is 2.29. The summed E-state index contributed by atoms with van der Waals surface area (Å²) < 4.78 is 6.32. The van der Waals surface area contributed by atoms with Crippen molar-refractivity contribution in [2.24, 2.45) is 5.73 Å². The smallest absolute Gasteiger partial charge is 0.117 e. The van der Waals surface area contributed by atoms with E-state index in [0.29, 0.717) is 11.6 Å². The van der Waals surface area contributed by atoms with Crippen LogP contribution in [0.5, 0.6) is 0 Å². The third-order valence-corrected chi connectivity index (χ3v) is 4.57.